The number of fused-ring (bicyclic) bond motifs is 1. The SMILES string of the molecule is C=C(C)n1c(=O)n(CCCOc2cccc(C)c2)c2cc(C)c(C)cc21. The molecule has 0 saturated heterocycles. The lowest BCUT2D eigenvalue weighted by Gasteiger charge is -2.08. The van der Waals surface area contributed by atoms with Crippen LogP contribution in [-0.2, 0) is 6.54 Å². The van der Waals surface area contributed by atoms with E-state index in [1.165, 1.54) is 16.7 Å². The zero-order chi connectivity index (χ0) is 18.8. The lowest BCUT2D eigenvalue weighted by atomic mass is 10.1. The molecule has 0 spiro atoms. The van der Waals surface area contributed by atoms with Gasteiger partial charge < -0.3 is 4.74 Å². The molecule has 136 valence electrons. The van der Waals surface area contributed by atoms with E-state index in [9.17, 15) is 4.79 Å². The van der Waals surface area contributed by atoms with Crippen LogP contribution in [0.1, 0.15) is 30.0 Å². The van der Waals surface area contributed by atoms with Gasteiger partial charge in [0.2, 0.25) is 0 Å². The molecule has 2 aromatic carbocycles. The standard InChI is InChI=1S/C22H26N2O2/c1-15(2)24-21-14-18(5)17(4)13-20(21)23(22(24)25)10-7-11-26-19-9-6-8-16(3)12-19/h6,8-9,12-14H,1,7,10-11H2,2-5H3. The molecule has 0 radical (unpaired) electrons. The summed E-state index contributed by atoms with van der Waals surface area (Å²) in [7, 11) is 0. The third-order valence-electron chi connectivity index (χ3n) is 4.71. The van der Waals surface area contributed by atoms with Gasteiger partial charge in [-0.25, -0.2) is 4.79 Å². The van der Waals surface area contributed by atoms with Crippen molar-refractivity contribution in [1.82, 2.24) is 9.13 Å². The van der Waals surface area contributed by atoms with E-state index in [1.54, 1.807) is 4.57 Å². The van der Waals surface area contributed by atoms with Crippen molar-refractivity contribution >= 4 is 16.7 Å². The van der Waals surface area contributed by atoms with Gasteiger partial charge in [0.1, 0.15) is 5.75 Å². The van der Waals surface area contributed by atoms with Crippen LogP contribution in [0.2, 0.25) is 0 Å². The van der Waals surface area contributed by atoms with Gasteiger partial charge >= 0.3 is 5.69 Å². The monoisotopic (exact) mass is 350 g/mol. The summed E-state index contributed by atoms with van der Waals surface area (Å²) in [6.45, 7) is 13.2. The largest absolute Gasteiger partial charge is 0.494 e. The molecule has 0 amide bonds. The van der Waals surface area contributed by atoms with Crippen molar-refractivity contribution in [1.29, 1.82) is 0 Å². The van der Waals surface area contributed by atoms with Crippen LogP contribution < -0.4 is 10.4 Å². The van der Waals surface area contributed by atoms with Crippen molar-refractivity contribution < 1.29 is 4.74 Å². The molecule has 0 fully saturated rings. The van der Waals surface area contributed by atoms with Crippen LogP contribution in [0, 0.1) is 20.8 Å². The van der Waals surface area contributed by atoms with E-state index in [1.807, 2.05) is 42.7 Å². The number of benzene rings is 2. The number of allylic oxidation sites excluding steroid dienone is 1. The van der Waals surface area contributed by atoms with Crippen molar-refractivity contribution in [2.45, 2.75) is 40.7 Å². The Hall–Kier alpha value is -2.75. The minimum absolute atomic E-state index is 0.0342. The summed E-state index contributed by atoms with van der Waals surface area (Å²) in [5.74, 6) is 0.869. The molecular formula is C22H26N2O2. The third kappa shape index (κ3) is 3.45. The van der Waals surface area contributed by atoms with Gasteiger partial charge in [-0.1, -0.05) is 18.7 Å². The van der Waals surface area contributed by atoms with Crippen molar-refractivity contribution in [3.63, 3.8) is 0 Å². The molecule has 0 unspecified atom stereocenters. The summed E-state index contributed by atoms with van der Waals surface area (Å²) >= 11 is 0. The molecule has 26 heavy (non-hydrogen) atoms. The molecule has 0 N–H and O–H groups in total. The molecule has 0 saturated carbocycles. The fraction of sp³-hybridized carbons (Fsp3) is 0.318. The highest BCUT2D eigenvalue weighted by molar-refractivity contribution is 5.81. The maximum absolute atomic E-state index is 12.9. The predicted molar refractivity (Wildman–Crippen MR) is 108 cm³/mol. The van der Waals surface area contributed by atoms with Crippen molar-refractivity contribution in [2.24, 2.45) is 0 Å². The Morgan fingerprint density at radius 1 is 1.08 bits per heavy atom. The van der Waals surface area contributed by atoms with E-state index in [0.29, 0.717) is 13.2 Å². The highest BCUT2D eigenvalue weighted by Gasteiger charge is 2.14. The van der Waals surface area contributed by atoms with Gasteiger partial charge in [0.25, 0.3) is 0 Å². The first kappa shape index (κ1) is 18.1. The molecule has 0 aliphatic carbocycles. The highest BCUT2D eigenvalue weighted by Crippen LogP contribution is 2.21. The average molecular weight is 350 g/mol. The number of hydrogen-bond acceptors (Lipinski definition) is 2. The summed E-state index contributed by atoms with van der Waals surface area (Å²) < 4.78 is 9.34. The number of aryl methyl sites for hydroxylation is 4. The number of rotatable bonds is 6. The van der Waals surface area contributed by atoms with Crippen LogP contribution in [0.5, 0.6) is 5.75 Å². The molecule has 3 aromatic rings. The van der Waals surface area contributed by atoms with E-state index in [2.05, 4.69) is 32.6 Å². The second-order valence-corrected chi connectivity index (χ2v) is 6.95. The first-order chi connectivity index (χ1) is 12.4. The van der Waals surface area contributed by atoms with Gasteiger partial charge in [0.15, 0.2) is 0 Å². The lowest BCUT2D eigenvalue weighted by Crippen LogP contribution is -2.23. The second kappa shape index (κ2) is 7.24. The molecule has 1 aromatic heterocycles. The van der Waals surface area contributed by atoms with Crippen LogP contribution in [0.25, 0.3) is 16.7 Å². The first-order valence-corrected chi connectivity index (χ1v) is 8.96. The Morgan fingerprint density at radius 2 is 1.77 bits per heavy atom. The van der Waals surface area contributed by atoms with Gasteiger partial charge in [0.05, 0.1) is 17.6 Å². The molecule has 1 heterocycles. The smallest absolute Gasteiger partial charge is 0.333 e. The number of ether oxygens (including phenoxy) is 1. The molecule has 4 heteroatoms. The molecule has 0 atom stereocenters. The summed E-state index contributed by atoms with van der Waals surface area (Å²) in [6, 6.07) is 12.2. The minimum atomic E-state index is -0.0342. The summed E-state index contributed by atoms with van der Waals surface area (Å²) in [5, 5.41) is 0. The summed E-state index contributed by atoms with van der Waals surface area (Å²) in [6.07, 6.45) is 0.760. The molecular weight excluding hydrogens is 324 g/mol. The van der Waals surface area contributed by atoms with Crippen molar-refractivity contribution in [2.75, 3.05) is 6.61 Å². The Bertz CT molecular complexity index is 1020. The van der Waals surface area contributed by atoms with Gasteiger partial charge in [0, 0.05) is 12.2 Å². The molecule has 0 aliphatic heterocycles. The average Bonchev–Trinajstić information content (AvgIpc) is 2.83. The zero-order valence-corrected chi connectivity index (χ0v) is 16.0. The van der Waals surface area contributed by atoms with Crippen molar-refractivity contribution in [3.05, 3.63) is 70.2 Å². The first-order valence-electron chi connectivity index (χ1n) is 8.96. The van der Waals surface area contributed by atoms with E-state index < -0.39 is 0 Å². The Morgan fingerprint density at radius 3 is 2.42 bits per heavy atom. The van der Waals surface area contributed by atoms with E-state index in [4.69, 9.17) is 4.74 Å². The van der Waals surface area contributed by atoms with Crippen molar-refractivity contribution in [3.8, 4) is 5.75 Å². The van der Waals surface area contributed by atoms with Crippen LogP contribution in [0.3, 0.4) is 0 Å². The molecule has 3 rings (SSSR count). The molecule has 0 aliphatic rings. The zero-order valence-electron chi connectivity index (χ0n) is 16.0. The number of aromatic nitrogens is 2. The third-order valence-corrected chi connectivity index (χ3v) is 4.71. The molecule has 4 nitrogen and oxygen atoms in total. The minimum Gasteiger partial charge on any atom is -0.494 e. The number of nitrogens with zero attached hydrogens (tertiary/aromatic N) is 2. The Balaban J connectivity index is 1.83. The predicted octanol–water partition coefficient (Wildman–Crippen LogP) is 4.69. The summed E-state index contributed by atoms with van der Waals surface area (Å²) in [5.41, 5.74) is 6.11. The van der Waals surface area contributed by atoms with Gasteiger partial charge in [-0.2, -0.15) is 0 Å². The van der Waals surface area contributed by atoms with Gasteiger partial charge in [-0.05, 0) is 75.1 Å². The maximum Gasteiger partial charge on any atom is 0.333 e. The van der Waals surface area contributed by atoms with Gasteiger partial charge in [-0.3, -0.25) is 9.13 Å². The summed E-state index contributed by atoms with van der Waals surface area (Å²) in [4.78, 5) is 12.9. The lowest BCUT2D eigenvalue weighted by molar-refractivity contribution is 0.301. The normalized spacial score (nSPS) is 11.1. The van der Waals surface area contributed by atoms with Crippen LogP contribution in [-0.4, -0.2) is 15.7 Å². The Kier molecular flexibility index (Phi) is 5.03. The number of imidazole rings is 1. The van der Waals surface area contributed by atoms with Gasteiger partial charge in [-0.15, -0.1) is 0 Å². The van der Waals surface area contributed by atoms with E-state index in [-0.39, 0.29) is 5.69 Å². The van der Waals surface area contributed by atoms with Crippen LogP contribution in [0.15, 0.2) is 47.8 Å². The van der Waals surface area contributed by atoms with Crippen LogP contribution in [0.4, 0.5) is 0 Å². The number of hydrogen-bond donors (Lipinski definition) is 0. The van der Waals surface area contributed by atoms with E-state index >= 15 is 0 Å². The second-order valence-electron chi connectivity index (χ2n) is 6.95. The fourth-order valence-electron chi connectivity index (χ4n) is 3.21. The fourth-order valence-corrected chi connectivity index (χ4v) is 3.21. The Labute approximate surface area is 154 Å². The molecule has 0 bridgehead atoms. The maximum atomic E-state index is 12.9. The van der Waals surface area contributed by atoms with E-state index in [0.717, 1.165) is 28.9 Å². The highest BCUT2D eigenvalue weighted by atomic mass is 16.5. The van der Waals surface area contributed by atoms with Crippen LogP contribution >= 0.6 is 0 Å². The topological polar surface area (TPSA) is 36.2 Å². The quantitative estimate of drug-likeness (QED) is 0.605.